The molecule has 34 heavy (non-hydrogen) atoms. The molecular weight excluding hydrogens is 450 g/mol. The molecule has 7 nitrogen and oxygen atoms in total. The van der Waals surface area contributed by atoms with E-state index in [2.05, 4.69) is 10.6 Å². The maximum atomic E-state index is 13.4. The highest BCUT2D eigenvalue weighted by Crippen LogP contribution is 2.38. The zero-order chi connectivity index (χ0) is 24.2. The number of aromatic nitrogens is 1. The predicted molar refractivity (Wildman–Crippen MR) is 135 cm³/mol. The maximum absolute atomic E-state index is 13.4. The molecule has 0 aliphatic heterocycles. The summed E-state index contributed by atoms with van der Waals surface area (Å²) in [5.41, 5.74) is 2.90. The molecule has 0 fully saturated rings. The minimum Gasteiger partial charge on any atom is -0.494 e. The molecule has 0 saturated heterocycles. The van der Waals surface area contributed by atoms with Crippen molar-refractivity contribution in [3.8, 4) is 16.5 Å². The number of benzene rings is 2. The smallest absolute Gasteiger partial charge is 0.259 e. The van der Waals surface area contributed by atoms with Crippen molar-refractivity contribution in [2.75, 3.05) is 24.9 Å². The Morgan fingerprint density at radius 3 is 1.94 bits per heavy atom. The lowest BCUT2D eigenvalue weighted by Crippen LogP contribution is -2.16. The van der Waals surface area contributed by atoms with Gasteiger partial charge in [-0.2, -0.15) is 0 Å². The molecule has 0 saturated carbocycles. The van der Waals surface area contributed by atoms with Crippen LogP contribution in [-0.4, -0.2) is 30.6 Å². The molecular formula is C26H25N3O4S. The van der Waals surface area contributed by atoms with Gasteiger partial charge in [-0.1, -0.05) is 18.2 Å². The second kappa shape index (κ2) is 9.84. The summed E-state index contributed by atoms with van der Waals surface area (Å²) in [5.74, 6) is 0.249. The van der Waals surface area contributed by atoms with Crippen molar-refractivity contribution in [1.82, 2.24) is 4.57 Å². The van der Waals surface area contributed by atoms with Gasteiger partial charge in [-0.05, 0) is 43.7 Å². The third kappa shape index (κ3) is 4.53. The Bertz CT molecular complexity index is 1330. The summed E-state index contributed by atoms with van der Waals surface area (Å²) in [7, 11) is 3.01. The second-order valence-corrected chi connectivity index (χ2v) is 8.78. The molecule has 2 N–H and O–H groups in total. The lowest BCUT2D eigenvalue weighted by atomic mass is 10.1. The van der Waals surface area contributed by atoms with Gasteiger partial charge in [0.05, 0.1) is 31.2 Å². The summed E-state index contributed by atoms with van der Waals surface area (Å²) in [6, 6.07) is 16.0. The van der Waals surface area contributed by atoms with Crippen molar-refractivity contribution in [3.63, 3.8) is 0 Å². The number of nitrogens with one attached hydrogen (secondary N) is 2. The highest BCUT2D eigenvalue weighted by Gasteiger charge is 2.23. The van der Waals surface area contributed by atoms with E-state index < -0.39 is 0 Å². The first-order chi connectivity index (χ1) is 16.4. The normalized spacial score (nSPS) is 10.6. The zero-order valence-electron chi connectivity index (χ0n) is 19.3. The van der Waals surface area contributed by atoms with Crippen molar-refractivity contribution < 1.29 is 19.1 Å². The van der Waals surface area contributed by atoms with Crippen LogP contribution in [0.4, 0.5) is 11.4 Å². The molecule has 174 valence electrons. The van der Waals surface area contributed by atoms with Crippen LogP contribution >= 0.6 is 11.3 Å². The van der Waals surface area contributed by atoms with Crippen LogP contribution in [0.15, 0.2) is 67.0 Å². The minimum absolute atomic E-state index is 0.257. The highest BCUT2D eigenvalue weighted by molar-refractivity contribution is 7.15. The first-order valence-corrected chi connectivity index (χ1v) is 11.4. The molecule has 2 amide bonds. The van der Waals surface area contributed by atoms with E-state index in [0.29, 0.717) is 34.0 Å². The van der Waals surface area contributed by atoms with E-state index in [1.165, 1.54) is 14.2 Å². The van der Waals surface area contributed by atoms with Crippen LogP contribution in [0, 0.1) is 13.8 Å². The SMILES string of the molecule is COc1cc(NC(=O)c2c(-n3cccc3)sc(C)c2C)c(OC)cc1NC(=O)c1ccccc1. The Morgan fingerprint density at radius 1 is 0.824 bits per heavy atom. The van der Waals surface area contributed by atoms with Gasteiger partial charge in [0.1, 0.15) is 16.5 Å². The first-order valence-electron chi connectivity index (χ1n) is 10.6. The Morgan fingerprint density at radius 2 is 1.38 bits per heavy atom. The fourth-order valence-corrected chi connectivity index (χ4v) is 4.71. The van der Waals surface area contributed by atoms with Gasteiger partial charge in [0, 0.05) is 35.0 Å². The zero-order valence-corrected chi connectivity index (χ0v) is 20.2. The Labute approximate surface area is 202 Å². The average molecular weight is 476 g/mol. The number of anilines is 2. The number of thiophene rings is 1. The van der Waals surface area contributed by atoms with Crippen LogP contribution in [0.25, 0.3) is 5.00 Å². The van der Waals surface area contributed by atoms with Crippen molar-refractivity contribution >= 4 is 34.5 Å². The van der Waals surface area contributed by atoms with Gasteiger partial charge >= 0.3 is 0 Å². The molecule has 0 bridgehead atoms. The summed E-state index contributed by atoms with van der Waals surface area (Å²) in [5, 5.41) is 6.65. The van der Waals surface area contributed by atoms with Gasteiger partial charge in [0.15, 0.2) is 0 Å². The number of aryl methyl sites for hydroxylation is 1. The summed E-state index contributed by atoms with van der Waals surface area (Å²) in [6.45, 7) is 3.94. The molecule has 0 unspecified atom stereocenters. The van der Waals surface area contributed by atoms with E-state index in [-0.39, 0.29) is 11.8 Å². The van der Waals surface area contributed by atoms with Crippen molar-refractivity contribution in [3.05, 3.63) is 88.6 Å². The number of amides is 2. The lowest BCUT2D eigenvalue weighted by Gasteiger charge is -2.17. The maximum Gasteiger partial charge on any atom is 0.259 e. The number of carbonyl (C=O) groups is 2. The molecule has 0 aliphatic carbocycles. The largest absolute Gasteiger partial charge is 0.494 e. The molecule has 8 heteroatoms. The van der Waals surface area contributed by atoms with Crippen LogP contribution in [0.5, 0.6) is 11.5 Å². The van der Waals surface area contributed by atoms with E-state index in [1.807, 2.05) is 49.0 Å². The topological polar surface area (TPSA) is 81.6 Å². The van der Waals surface area contributed by atoms with Crippen LogP contribution in [0.1, 0.15) is 31.2 Å². The summed E-state index contributed by atoms with van der Waals surface area (Å²) in [4.78, 5) is 27.1. The number of rotatable bonds is 7. The summed E-state index contributed by atoms with van der Waals surface area (Å²) < 4.78 is 12.9. The third-order valence-corrected chi connectivity index (χ3v) is 6.71. The van der Waals surface area contributed by atoms with Crippen LogP contribution in [0.2, 0.25) is 0 Å². The van der Waals surface area contributed by atoms with Crippen molar-refractivity contribution in [1.29, 1.82) is 0 Å². The number of ether oxygens (including phenoxy) is 2. The summed E-state index contributed by atoms with van der Waals surface area (Å²) >= 11 is 1.56. The van der Waals surface area contributed by atoms with E-state index in [9.17, 15) is 9.59 Å². The van der Waals surface area contributed by atoms with Gasteiger partial charge in [-0.3, -0.25) is 9.59 Å². The third-order valence-electron chi connectivity index (χ3n) is 5.49. The molecule has 2 heterocycles. The van der Waals surface area contributed by atoms with Crippen LogP contribution in [0.3, 0.4) is 0 Å². The Balaban J connectivity index is 1.66. The van der Waals surface area contributed by atoms with E-state index in [0.717, 1.165) is 15.4 Å². The van der Waals surface area contributed by atoms with Gasteiger partial charge in [-0.15, -0.1) is 11.3 Å². The fourth-order valence-electron chi connectivity index (χ4n) is 3.59. The van der Waals surface area contributed by atoms with Crippen molar-refractivity contribution in [2.45, 2.75) is 13.8 Å². The monoisotopic (exact) mass is 475 g/mol. The predicted octanol–water partition coefficient (Wildman–Crippen LogP) is 5.68. The molecule has 0 radical (unpaired) electrons. The minimum atomic E-state index is -0.279. The molecule has 2 aromatic heterocycles. The quantitative estimate of drug-likeness (QED) is 0.360. The van der Waals surface area contributed by atoms with Gasteiger partial charge in [0.25, 0.3) is 11.8 Å². The molecule has 4 aromatic rings. The number of methoxy groups -OCH3 is 2. The Kier molecular flexibility index (Phi) is 6.70. The lowest BCUT2D eigenvalue weighted by molar-refractivity contribution is 0.101. The Hall–Kier alpha value is -4.04. The molecule has 2 aromatic carbocycles. The molecule has 4 rings (SSSR count). The average Bonchev–Trinajstić information content (AvgIpc) is 3.48. The fraction of sp³-hybridized carbons (Fsp3) is 0.154. The first kappa shape index (κ1) is 23.1. The molecule has 0 aliphatic rings. The molecule has 0 atom stereocenters. The van der Waals surface area contributed by atoms with Gasteiger partial charge in [0.2, 0.25) is 0 Å². The number of carbonyl (C=O) groups excluding carboxylic acids is 2. The van der Waals surface area contributed by atoms with Gasteiger partial charge in [-0.25, -0.2) is 0 Å². The van der Waals surface area contributed by atoms with E-state index in [4.69, 9.17) is 9.47 Å². The second-order valence-electron chi connectivity index (χ2n) is 7.58. The van der Waals surface area contributed by atoms with E-state index in [1.54, 1.807) is 47.7 Å². The number of hydrogen-bond acceptors (Lipinski definition) is 5. The summed E-state index contributed by atoms with van der Waals surface area (Å²) in [6.07, 6.45) is 3.82. The molecule has 0 spiro atoms. The standard InChI is InChI=1S/C26H25N3O4S/c1-16-17(2)34-26(29-12-8-9-13-29)23(16)25(31)28-20-15-21(32-3)19(14-22(20)33-4)27-24(30)18-10-6-5-7-11-18/h5-15H,1-4H3,(H,27,30)(H,28,31). The van der Waals surface area contributed by atoms with Crippen LogP contribution in [-0.2, 0) is 0 Å². The highest BCUT2D eigenvalue weighted by atomic mass is 32.1. The van der Waals surface area contributed by atoms with Crippen molar-refractivity contribution in [2.24, 2.45) is 0 Å². The van der Waals surface area contributed by atoms with Gasteiger partial charge < -0.3 is 24.7 Å². The number of hydrogen-bond donors (Lipinski definition) is 2. The van der Waals surface area contributed by atoms with Crippen LogP contribution < -0.4 is 20.1 Å². The number of nitrogens with zero attached hydrogens (tertiary/aromatic N) is 1. The van der Waals surface area contributed by atoms with E-state index >= 15 is 0 Å².